The molecule has 2 rings (SSSR count). The first-order valence-electron chi connectivity index (χ1n) is 6.58. The van der Waals surface area contributed by atoms with Gasteiger partial charge in [0.15, 0.2) is 0 Å². The lowest BCUT2D eigenvalue weighted by Gasteiger charge is -2.37. The summed E-state index contributed by atoms with van der Waals surface area (Å²) in [6.07, 6.45) is 3.78. The van der Waals surface area contributed by atoms with Crippen molar-refractivity contribution in [1.29, 1.82) is 0 Å². The summed E-state index contributed by atoms with van der Waals surface area (Å²) in [5.74, 6) is 5.51. The second kappa shape index (κ2) is 5.72. The first-order valence-corrected chi connectivity index (χ1v) is 6.58. The third-order valence-corrected chi connectivity index (χ3v) is 3.81. The number of benzene rings is 1. The molecule has 104 valence electrons. The molecule has 0 amide bonds. The maximum atomic E-state index is 13.0. The minimum atomic E-state index is -0.241. The number of halogens is 1. The summed E-state index contributed by atoms with van der Waals surface area (Å²) in [5.41, 5.74) is 4.84. The van der Waals surface area contributed by atoms with Crippen LogP contribution in [0.1, 0.15) is 32.3 Å². The maximum Gasteiger partial charge on any atom is 0.123 e. The molecule has 0 radical (unpaired) electrons. The molecular weight excluding hydrogens is 243 g/mol. The predicted octanol–water partition coefficient (Wildman–Crippen LogP) is 2.63. The van der Waals surface area contributed by atoms with Gasteiger partial charge in [0.1, 0.15) is 5.82 Å². The van der Waals surface area contributed by atoms with Crippen LogP contribution in [0.2, 0.25) is 0 Å². The molecule has 1 aliphatic rings. The molecule has 0 aromatic heterocycles. The first kappa shape index (κ1) is 14.0. The van der Waals surface area contributed by atoms with Crippen molar-refractivity contribution in [3.05, 3.63) is 47.5 Å². The van der Waals surface area contributed by atoms with Gasteiger partial charge in [-0.15, -0.1) is 0 Å². The third kappa shape index (κ3) is 2.96. The Balaban J connectivity index is 2.29. The zero-order chi connectivity index (χ0) is 13.9. The second-order valence-corrected chi connectivity index (χ2v) is 5.50. The molecule has 1 aromatic rings. The number of rotatable bonds is 4. The second-order valence-electron chi connectivity index (χ2n) is 5.50. The molecule has 0 saturated heterocycles. The van der Waals surface area contributed by atoms with E-state index in [0.29, 0.717) is 0 Å². The molecule has 3 nitrogen and oxygen atoms in total. The predicted molar refractivity (Wildman–Crippen MR) is 73.8 cm³/mol. The summed E-state index contributed by atoms with van der Waals surface area (Å²) in [6.45, 7) is 4.96. The standard InChI is InChI=1S/C15H21FN2O/c1-15(2,12-5-7-13(16)8-6-12)14(18-17)11-4-3-9-19-10-11/h5-8,10,14,18H,3-4,9,17H2,1-2H3. The first-order chi connectivity index (χ1) is 9.05. The smallest absolute Gasteiger partial charge is 0.123 e. The van der Waals surface area contributed by atoms with Crippen molar-refractivity contribution in [2.24, 2.45) is 5.84 Å². The number of nitrogens with one attached hydrogen (secondary N) is 1. The summed E-state index contributed by atoms with van der Waals surface area (Å²) in [7, 11) is 0. The molecule has 1 heterocycles. The van der Waals surface area contributed by atoms with E-state index in [1.54, 1.807) is 6.26 Å². The lowest BCUT2D eigenvalue weighted by atomic mass is 9.74. The molecule has 0 spiro atoms. The van der Waals surface area contributed by atoms with Crippen molar-refractivity contribution in [2.75, 3.05) is 6.61 Å². The van der Waals surface area contributed by atoms with Crippen LogP contribution < -0.4 is 11.3 Å². The number of hydrazine groups is 1. The largest absolute Gasteiger partial charge is 0.501 e. The molecule has 0 fully saturated rings. The summed E-state index contributed by atoms with van der Waals surface area (Å²) in [6, 6.07) is 6.55. The van der Waals surface area contributed by atoms with Crippen molar-refractivity contribution >= 4 is 0 Å². The fourth-order valence-corrected chi connectivity index (χ4v) is 2.62. The lowest BCUT2D eigenvalue weighted by Crippen LogP contribution is -2.49. The van der Waals surface area contributed by atoms with Crippen molar-refractivity contribution < 1.29 is 9.13 Å². The highest BCUT2D eigenvalue weighted by molar-refractivity contribution is 5.31. The Hall–Kier alpha value is -1.39. The SMILES string of the molecule is CC(C)(c1ccc(F)cc1)C(NN)C1=COCCC1. The fraction of sp³-hybridized carbons (Fsp3) is 0.467. The molecule has 1 aliphatic heterocycles. The van der Waals surface area contributed by atoms with Crippen LogP contribution in [0, 0.1) is 5.82 Å². The van der Waals surface area contributed by atoms with Crippen LogP contribution in [0.4, 0.5) is 4.39 Å². The van der Waals surface area contributed by atoms with E-state index in [-0.39, 0.29) is 17.3 Å². The van der Waals surface area contributed by atoms with Gasteiger partial charge in [0.2, 0.25) is 0 Å². The Morgan fingerprint density at radius 3 is 2.53 bits per heavy atom. The Morgan fingerprint density at radius 1 is 1.32 bits per heavy atom. The molecule has 1 unspecified atom stereocenters. The minimum Gasteiger partial charge on any atom is -0.501 e. The average Bonchev–Trinajstić information content (AvgIpc) is 2.41. The Morgan fingerprint density at radius 2 is 2.00 bits per heavy atom. The summed E-state index contributed by atoms with van der Waals surface area (Å²) in [4.78, 5) is 0. The monoisotopic (exact) mass is 264 g/mol. The van der Waals surface area contributed by atoms with Crippen LogP contribution in [0.5, 0.6) is 0 Å². The number of ether oxygens (including phenoxy) is 1. The average molecular weight is 264 g/mol. The molecule has 19 heavy (non-hydrogen) atoms. The van der Waals surface area contributed by atoms with Gasteiger partial charge in [-0.2, -0.15) is 0 Å². The molecule has 0 saturated carbocycles. The van der Waals surface area contributed by atoms with E-state index in [4.69, 9.17) is 10.6 Å². The summed E-state index contributed by atoms with van der Waals surface area (Å²) >= 11 is 0. The Bertz CT molecular complexity index is 454. The van der Waals surface area contributed by atoms with Crippen molar-refractivity contribution in [1.82, 2.24) is 5.43 Å². The number of nitrogens with two attached hydrogens (primary N) is 1. The Labute approximate surface area is 113 Å². The zero-order valence-electron chi connectivity index (χ0n) is 11.4. The van der Waals surface area contributed by atoms with Crippen LogP contribution in [-0.2, 0) is 10.2 Å². The van der Waals surface area contributed by atoms with Gasteiger partial charge >= 0.3 is 0 Å². The molecule has 0 aliphatic carbocycles. The van der Waals surface area contributed by atoms with E-state index in [0.717, 1.165) is 30.6 Å². The molecule has 1 aromatic carbocycles. The van der Waals surface area contributed by atoms with E-state index in [1.165, 1.54) is 12.1 Å². The van der Waals surface area contributed by atoms with Gasteiger partial charge in [-0.1, -0.05) is 26.0 Å². The van der Waals surface area contributed by atoms with Crippen molar-refractivity contribution in [3.8, 4) is 0 Å². The van der Waals surface area contributed by atoms with E-state index in [2.05, 4.69) is 19.3 Å². The summed E-state index contributed by atoms with van der Waals surface area (Å²) in [5, 5.41) is 0. The normalized spacial score (nSPS) is 17.6. The van der Waals surface area contributed by atoms with Gasteiger partial charge in [0.05, 0.1) is 18.9 Å². The number of hydrogen-bond acceptors (Lipinski definition) is 3. The maximum absolute atomic E-state index is 13.0. The Kier molecular flexibility index (Phi) is 4.22. The highest BCUT2D eigenvalue weighted by Gasteiger charge is 2.34. The van der Waals surface area contributed by atoms with E-state index in [1.807, 2.05) is 12.1 Å². The summed E-state index contributed by atoms with van der Waals surface area (Å²) < 4.78 is 18.4. The molecule has 3 N–H and O–H groups in total. The van der Waals surface area contributed by atoms with Crippen LogP contribution in [0.25, 0.3) is 0 Å². The number of hydrogen-bond donors (Lipinski definition) is 2. The molecule has 1 atom stereocenters. The lowest BCUT2D eigenvalue weighted by molar-refractivity contribution is 0.212. The molecular formula is C15H21FN2O. The van der Waals surface area contributed by atoms with Crippen LogP contribution in [0.3, 0.4) is 0 Å². The van der Waals surface area contributed by atoms with Crippen LogP contribution >= 0.6 is 0 Å². The van der Waals surface area contributed by atoms with E-state index >= 15 is 0 Å². The van der Waals surface area contributed by atoms with Gasteiger partial charge in [-0.25, -0.2) is 4.39 Å². The highest BCUT2D eigenvalue weighted by Crippen LogP contribution is 2.33. The minimum absolute atomic E-state index is 0.0294. The topological polar surface area (TPSA) is 47.3 Å². The van der Waals surface area contributed by atoms with E-state index in [9.17, 15) is 4.39 Å². The highest BCUT2D eigenvalue weighted by atomic mass is 19.1. The molecule has 4 heteroatoms. The van der Waals surface area contributed by atoms with Gasteiger partial charge in [-0.3, -0.25) is 11.3 Å². The van der Waals surface area contributed by atoms with Crippen molar-refractivity contribution in [2.45, 2.75) is 38.1 Å². The fourth-order valence-electron chi connectivity index (χ4n) is 2.62. The van der Waals surface area contributed by atoms with Crippen LogP contribution in [-0.4, -0.2) is 12.6 Å². The van der Waals surface area contributed by atoms with Gasteiger partial charge < -0.3 is 4.74 Å². The zero-order valence-corrected chi connectivity index (χ0v) is 11.4. The van der Waals surface area contributed by atoms with Gasteiger partial charge in [-0.05, 0) is 36.1 Å². The van der Waals surface area contributed by atoms with Gasteiger partial charge in [0.25, 0.3) is 0 Å². The van der Waals surface area contributed by atoms with Gasteiger partial charge in [0, 0.05) is 5.41 Å². The van der Waals surface area contributed by atoms with Crippen LogP contribution in [0.15, 0.2) is 36.1 Å². The van der Waals surface area contributed by atoms with Crippen molar-refractivity contribution in [3.63, 3.8) is 0 Å². The third-order valence-electron chi connectivity index (χ3n) is 3.81. The molecule has 0 bridgehead atoms. The van der Waals surface area contributed by atoms with E-state index < -0.39 is 0 Å². The quantitative estimate of drug-likeness (QED) is 0.649.